The van der Waals surface area contributed by atoms with Crippen molar-refractivity contribution in [3.63, 3.8) is 0 Å². The average Bonchev–Trinajstić information content (AvgIpc) is 2.61. The molecule has 0 radical (unpaired) electrons. The van der Waals surface area contributed by atoms with E-state index in [0.29, 0.717) is 18.2 Å². The van der Waals surface area contributed by atoms with Crippen molar-refractivity contribution in [1.82, 2.24) is 14.9 Å². The molecule has 0 saturated heterocycles. The highest BCUT2D eigenvalue weighted by Crippen LogP contribution is 2.26. The van der Waals surface area contributed by atoms with E-state index in [1.54, 1.807) is 24.2 Å². The van der Waals surface area contributed by atoms with E-state index < -0.39 is 0 Å². The van der Waals surface area contributed by atoms with Gasteiger partial charge in [0.2, 0.25) is 5.95 Å². The topological polar surface area (TPSA) is 67.4 Å². The Hall–Kier alpha value is -2.63. The normalized spacial score (nSPS) is 10.3. The van der Waals surface area contributed by atoms with Crippen molar-refractivity contribution in [1.29, 1.82) is 0 Å². The first kappa shape index (κ1) is 17.7. The number of rotatable bonds is 8. The van der Waals surface area contributed by atoms with Crippen LogP contribution in [0.5, 0.6) is 5.75 Å². The maximum absolute atomic E-state index is 12.4. The predicted octanol–water partition coefficient (Wildman–Crippen LogP) is 3.49. The average molecular weight is 328 g/mol. The minimum Gasteiger partial charge on any atom is -0.492 e. The number of carbonyl (C=O) groups is 1. The number of anilines is 2. The van der Waals surface area contributed by atoms with E-state index in [-0.39, 0.29) is 5.91 Å². The Morgan fingerprint density at radius 1 is 1.25 bits per heavy atom. The first-order valence-corrected chi connectivity index (χ1v) is 8.23. The van der Waals surface area contributed by atoms with Crippen molar-refractivity contribution in [2.75, 3.05) is 25.5 Å². The smallest absolute Gasteiger partial charge is 0.272 e. The number of ether oxygens (including phenoxy) is 1. The Morgan fingerprint density at radius 3 is 2.79 bits per heavy atom. The summed E-state index contributed by atoms with van der Waals surface area (Å²) in [5.74, 6) is 0.990. The zero-order valence-electron chi connectivity index (χ0n) is 14.5. The molecule has 2 rings (SSSR count). The summed E-state index contributed by atoms with van der Waals surface area (Å²) < 4.78 is 5.58. The third-order valence-corrected chi connectivity index (χ3v) is 3.50. The zero-order valence-corrected chi connectivity index (χ0v) is 14.5. The summed E-state index contributed by atoms with van der Waals surface area (Å²) >= 11 is 0. The van der Waals surface area contributed by atoms with Crippen molar-refractivity contribution in [2.45, 2.75) is 26.7 Å². The fraction of sp³-hybridized carbons (Fsp3) is 0.389. The molecule has 2 aromatic rings. The highest BCUT2D eigenvalue weighted by Gasteiger charge is 2.14. The third kappa shape index (κ3) is 4.68. The lowest BCUT2D eigenvalue weighted by molar-refractivity contribution is 0.0787. The van der Waals surface area contributed by atoms with E-state index in [4.69, 9.17) is 4.74 Å². The van der Waals surface area contributed by atoms with Crippen LogP contribution in [0.2, 0.25) is 0 Å². The number of amides is 1. The van der Waals surface area contributed by atoms with Crippen LogP contribution in [0.25, 0.3) is 0 Å². The highest BCUT2D eigenvalue weighted by molar-refractivity contribution is 5.92. The summed E-state index contributed by atoms with van der Waals surface area (Å²) in [5, 5.41) is 3.12. The molecule has 0 saturated carbocycles. The van der Waals surface area contributed by atoms with Crippen molar-refractivity contribution in [2.24, 2.45) is 0 Å². The maximum atomic E-state index is 12.4. The Balaban J connectivity index is 2.15. The number of nitrogens with zero attached hydrogens (tertiary/aromatic N) is 3. The molecule has 1 aromatic heterocycles. The van der Waals surface area contributed by atoms with Gasteiger partial charge in [0.05, 0.1) is 12.3 Å². The Labute approximate surface area is 142 Å². The van der Waals surface area contributed by atoms with Gasteiger partial charge in [-0.3, -0.25) is 4.79 Å². The van der Waals surface area contributed by atoms with E-state index in [1.807, 2.05) is 31.2 Å². The van der Waals surface area contributed by atoms with Gasteiger partial charge >= 0.3 is 0 Å². The van der Waals surface area contributed by atoms with Crippen LogP contribution >= 0.6 is 0 Å². The van der Waals surface area contributed by atoms with E-state index in [2.05, 4.69) is 22.2 Å². The Kier molecular flexibility index (Phi) is 6.54. The first-order valence-electron chi connectivity index (χ1n) is 8.23. The quantitative estimate of drug-likeness (QED) is 0.803. The predicted molar refractivity (Wildman–Crippen MR) is 94.8 cm³/mol. The fourth-order valence-corrected chi connectivity index (χ4v) is 2.20. The molecule has 0 atom stereocenters. The van der Waals surface area contributed by atoms with Crippen LogP contribution in [0.1, 0.15) is 37.2 Å². The molecule has 0 aliphatic heterocycles. The number of nitrogens with one attached hydrogen (secondary N) is 1. The molecule has 0 fully saturated rings. The lowest BCUT2D eigenvalue weighted by Crippen LogP contribution is -2.28. The number of para-hydroxylation sites is 2. The van der Waals surface area contributed by atoms with Crippen molar-refractivity contribution in [3.8, 4) is 5.75 Å². The number of hydrogen-bond acceptors (Lipinski definition) is 5. The number of aromatic nitrogens is 2. The maximum Gasteiger partial charge on any atom is 0.272 e. The molecule has 6 heteroatoms. The molecule has 0 aliphatic carbocycles. The summed E-state index contributed by atoms with van der Waals surface area (Å²) in [5.41, 5.74) is 1.14. The van der Waals surface area contributed by atoms with Gasteiger partial charge in [0, 0.05) is 19.8 Å². The van der Waals surface area contributed by atoms with Gasteiger partial charge in [0.25, 0.3) is 5.91 Å². The van der Waals surface area contributed by atoms with Crippen LogP contribution < -0.4 is 10.1 Å². The van der Waals surface area contributed by atoms with Crippen LogP contribution in [0.3, 0.4) is 0 Å². The monoisotopic (exact) mass is 328 g/mol. The van der Waals surface area contributed by atoms with E-state index in [9.17, 15) is 4.79 Å². The van der Waals surface area contributed by atoms with E-state index >= 15 is 0 Å². The van der Waals surface area contributed by atoms with Gasteiger partial charge < -0.3 is 15.0 Å². The van der Waals surface area contributed by atoms with Crippen molar-refractivity contribution < 1.29 is 9.53 Å². The molecule has 0 bridgehead atoms. The van der Waals surface area contributed by atoms with Crippen LogP contribution in [0.15, 0.2) is 36.5 Å². The lowest BCUT2D eigenvalue weighted by atomic mass is 10.3. The number of unbranched alkanes of at least 4 members (excludes halogenated alkanes) is 1. The van der Waals surface area contributed by atoms with Crippen molar-refractivity contribution in [3.05, 3.63) is 42.2 Å². The van der Waals surface area contributed by atoms with Crippen LogP contribution in [0, 0.1) is 0 Å². The largest absolute Gasteiger partial charge is 0.492 e. The van der Waals surface area contributed by atoms with Crippen molar-refractivity contribution >= 4 is 17.5 Å². The Bertz CT molecular complexity index is 676. The molecule has 24 heavy (non-hydrogen) atoms. The molecule has 1 heterocycles. The van der Waals surface area contributed by atoms with E-state index in [1.165, 1.54) is 0 Å². The van der Waals surface area contributed by atoms with Gasteiger partial charge in [0.1, 0.15) is 11.4 Å². The molecular formula is C18H24N4O2. The van der Waals surface area contributed by atoms with Gasteiger partial charge in [-0.15, -0.1) is 0 Å². The number of hydrogen-bond donors (Lipinski definition) is 1. The summed E-state index contributed by atoms with van der Waals surface area (Å²) in [4.78, 5) is 22.6. The molecule has 6 nitrogen and oxygen atoms in total. The van der Waals surface area contributed by atoms with Gasteiger partial charge in [-0.2, -0.15) is 0 Å². The van der Waals surface area contributed by atoms with Crippen LogP contribution in [-0.4, -0.2) is 41.0 Å². The van der Waals surface area contributed by atoms with Gasteiger partial charge in [-0.25, -0.2) is 9.97 Å². The second kappa shape index (κ2) is 8.86. The number of carbonyl (C=O) groups excluding carboxylic acids is 1. The second-order valence-corrected chi connectivity index (χ2v) is 5.40. The van der Waals surface area contributed by atoms with Gasteiger partial charge in [-0.1, -0.05) is 25.5 Å². The Morgan fingerprint density at radius 2 is 2.04 bits per heavy atom. The zero-order chi connectivity index (χ0) is 17.4. The van der Waals surface area contributed by atoms with Gasteiger partial charge in [0.15, 0.2) is 0 Å². The second-order valence-electron chi connectivity index (χ2n) is 5.40. The standard InChI is InChI=1S/C18H24N4O2/c1-4-6-13-22(3)17(23)15-11-12-19-18(21-15)20-14-9-7-8-10-16(14)24-5-2/h7-12H,4-6,13H2,1-3H3,(H,19,20,21). The lowest BCUT2D eigenvalue weighted by Gasteiger charge is -2.16. The molecule has 1 amide bonds. The fourth-order valence-electron chi connectivity index (χ4n) is 2.20. The summed E-state index contributed by atoms with van der Waals surface area (Å²) in [6, 6.07) is 9.19. The summed E-state index contributed by atoms with van der Waals surface area (Å²) in [6.07, 6.45) is 3.60. The van der Waals surface area contributed by atoms with E-state index in [0.717, 1.165) is 30.8 Å². The third-order valence-electron chi connectivity index (χ3n) is 3.50. The van der Waals surface area contributed by atoms with Crippen LogP contribution in [-0.2, 0) is 0 Å². The summed E-state index contributed by atoms with van der Waals surface area (Å²) in [6.45, 7) is 5.31. The van der Waals surface area contributed by atoms with Crippen LogP contribution in [0.4, 0.5) is 11.6 Å². The first-order chi connectivity index (χ1) is 11.7. The molecule has 1 aromatic carbocycles. The SMILES string of the molecule is CCCCN(C)C(=O)c1ccnc(Nc2ccccc2OCC)n1. The number of benzene rings is 1. The molecule has 0 spiro atoms. The highest BCUT2D eigenvalue weighted by atomic mass is 16.5. The molecule has 0 unspecified atom stereocenters. The molecule has 128 valence electrons. The molecule has 1 N–H and O–H groups in total. The molecule has 0 aliphatic rings. The minimum absolute atomic E-state index is 0.105. The van der Waals surface area contributed by atoms with Gasteiger partial charge in [-0.05, 0) is 31.5 Å². The summed E-state index contributed by atoms with van der Waals surface area (Å²) in [7, 11) is 1.79. The molecular weight excluding hydrogens is 304 g/mol. The minimum atomic E-state index is -0.105.